The van der Waals surface area contributed by atoms with Crippen molar-refractivity contribution in [2.45, 2.75) is 25.4 Å². The molecule has 2 aromatic rings. The van der Waals surface area contributed by atoms with Gasteiger partial charge in [0.1, 0.15) is 5.75 Å². The molecule has 1 aliphatic rings. The van der Waals surface area contributed by atoms with E-state index >= 15 is 0 Å². The van der Waals surface area contributed by atoms with Gasteiger partial charge < -0.3 is 15.0 Å². The molecule has 0 aromatic heterocycles. The zero-order valence-electron chi connectivity index (χ0n) is 13.7. The standard InChI is InChI=1S/C19H21ClN2O2/c1-24-17-5-2-4-14(12-17)13-21-19(23)22-11-3-6-18(22)15-7-9-16(20)10-8-15/h2,4-5,7-10,12,18H,3,6,11,13H2,1H3,(H,21,23). The van der Waals surface area contributed by atoms with Gasteiger partial charge in [0.2, 0.25) is 0 Å². The molecule has 1 aliphatic heterocycles. The van der Waals surface area contributed by atoms with Crippen LogP contribution in [0.15, 0.2) is 48.5 Å². The molecule has 0 saturated carbocycles. The number of hydrogen-bond acceptors (Lipinski definition) is 2. The lowest BCUT2D eigenvalue weighted by molar-refractivity contribution is 0.192. The Morgan fingerprint density at radius 3 is 2.83 bits per heavy atom. The summed E-state index contributed by atoms with van der Waals surface area (Å²) in [5.74, 6) is 0.793. The van der Waals surface area contributed by atoms with Gasteiger partial charge in [-0.15, -0.1) is 0 Å². The minimum atomic E-state index is -0.0322. The molecule has 3 rings (SSSR count). The average molecular weight is 345 g/mol. The Bertz CT molecular complexity index is 703. The summed E-state index contributed by atoms with van der Waals surface area (Å²) in [5, 5.41) is 3.72. The average Bonchev–Trinajstić information content (AvgIpc) is 3.10. The third-order valence-electron chi connectivity index (χ3n) is 4.35. The van der Waals surface area contributed by atoms with Crippen molar-refractivity contribution in [1.82, 2.24) is 10.2 Å². The van der Waals surface area contributed by atoms with Gasteiger partial charge in [0.15, 0.2) is 0 Å². The normalized spacial score (nSPS) is 16.9. The topological polar surface area (TPSA) is 41.6 Å². The molecule has 1 saturated heterocycles. The number of likely N-dealkylation sites (tertiary alicyclic amines) is 1. The number of carbonyl (C=O) groups excluding carboxylic acids is 1. The quantitative estimate of drug-likeness (QED) is 0.893. The lowest BCUT2D eigenvalue weighted by Crippen LogP contribution is -2.39. The van der Waals surface area contributed by atoms with Crippen molar-refractivity contribution in [2.24, 2.45) is 0 Å². The number of benzene rings is 2. The fourth-order valence-corrected chi connectivity index (χ4v) is 3.23. The third-order valence-corrected chi connectivity index (χ3v) is 4.60. The van der Waals surface area contributed by atoms with Crippen molar-refractivity contribution in [3.8, 4) is 5.75 Å². The summed E-state index contributed by atoms with van der Waals surface area (Å²) in [6.07, 6.45) is 1.99. The fourth-order valence-electron chi connectivity index (χ4n) is 3.10. The van der Waals surface area contributed by atoms with E-state index in [0.717, 1.165) is 36.3 Å². The minimum Gasteiger partial charge on any atom is -0.497 e. The number of urea groups is 1. The van der Waals surface area contributed by atoms with E-state index < -0.39 is 0 Å². The molecule has 0 spiro atoms. The van der Waals surface area contributed by atoms with Crippen LogP contribution in [-0.2, 0) is 6.54 Å². The van der Waals surface area contributed by atoms with E-state index in [1.54, 1.807) is 7.11 Å². The van der Waals surface area contributed by atoms with Gasteiger partial charge in [0.05, 0.1) is 13.2 Å². The highest BCUT2D eigenvalue weighted by Gasteiger charge is 2.29. The van der Waals surface area contributed by atoms with Crippen LogP contribution < -0.4 is 10.1 Å². The molecule has 24 heavy (non-hydrogen) atoms. The van der Waals surface area contributed by atoms with E-state index in [1.165, 1.54) is 0 Å². The second-order valence-corrected chi connectivity index (χ2v) is 6.35. The summed E-state index contributed by atoms with van der Waals surface area (Å²) >= 11 is 5.96. The molecule has 0 bridgehead atoms. The minimum absolute atomic E-state index is 0.0322. The maximum absolute atomic E-state index is 12.6. The molecule has 1 unspecified atom stereocenters. The number of amides is 2. The van der Waals surface area contributed by atoms with Gasteiger partial charge >= 0.3 is 6.03 Å². The zero-order valence-corrected chi connectivity index (χ0v) is 14.4. The molecule has 1 N–H and O–H groups in total. The van der Waals surface area contributed by atoms with Crippen molar-refractivity contribution in [3.05, 3.63) is 64.7 Å². The monoisotopic (exact) mass is 344 g/mol. The number of nitrogens with zero attached hydrogens (tertiary/aromatic N) is 1. The molecule has 2 amide bonds. The SMILES string of the molecule is COc1cccc(CNC(=O)N2CCCC2c2ccc(Cl)cc2)c1. The zero-order chi connectivity index (χ0) is 16.9. The molecule has 0 radical (unpaired) electrons. The summed E-state index contributed by atoms with van der Waals surface area (Å²) in [6.45, 7) is 1.26. The van der Waals surface area contributed by atoms with E-state index in [9.17, 15) is 4.79 Å². The van der Waals surface area contributed by atoms with Crippen LogP contribution >= 0.6 is 11.6 Å². The molecule has 1 fully saturated rings. The predicted octanol–water partition coefficient (Wildman–Crippen LogP) is 4.40. The second kappa shape index (κ2) is 7.58. The fraction of sp³-hybridized carbons (Fsp3) is 0.316. The van der Waals surface area contributed by atoms with Gasteiger partial charge in [-0.3, -0.25) is 0 Å². The van der Waals surface area contributed by atoms with Gasteiger partial charge in [0.25, 0.3) is 0 Å². The number of nitrogens with one attached hydrogen (secondary N) is 1. The Hall–Kier alpha value is -2.20. The van der Waals surface area contributed by atoms with E-state index in [0.29, 0.717) is 11.6 Å². The predicted molar refractivity (Wildman–Crippen MR) is 95.4 cm³/mol. The maximum Gasteiger partial charge on any atom is 0.318 e. The van der Waals surface area contributed by atoms with Crippen molar-refractivity contribution in [2.75, 3.05) is 13.7 Å². The number of hydrogen-bond donors (Lipinski definition) is 1. The summed E-state index contributed by atoms with van der Waals surface area (Å²) < 4.78 is 5.21. The van der Waals surface area contributed by atoms with Crippen molar-refractivity contribution >= 4 is 17.6 Å². The summed E-state index contributed by atoms with van der Waals surface area (Å²) in [6, 6.07) is 15.6. The van der Waals surface area contributed by atoms with Gasteiger partial charge in [-0.1, -0.05) is 35.9 Å². The lowest BCUT2D eigenvalue weighted by atomic mass is 10.1. The first-order chi connectivity index (χ1) is 11.7. The van der Waals surface area contributed by atoms with Crippen molar-refractivity contribution in [1.29, 1.82) is 0 Å². The molecule has 0 aliphatic carbocycles. The molecule has 1 atom stereocenters. The summed E-state index contributed by atoms with van der Waals surface area (Å²) in [4.78, 5) is 14.5. The summed E-state index contributed by atoms with van der Waals surface area (Å²) in [5.41, 5.74) is 2.15. The van der Waals surface area contributed by atoms with Gasteiger partial charge in [-0.2, -0.15) is 0 Å². The molecular weight excluding hydrogens is 324 g/mol. The number of methoxy groups -OCH3 is 1. The van der Waals surface area contributed by atoms with Gasteiger partial charge in [0, 0.05) is 18.1 Å². The Morgan fingerprint density at radius 1 is 1.29 bits per heavy atom. The molecular formula is C19H21ClN2O2. The van der Waals surface area contributed by atoms with E-state index in [2.05, 4.69) is 5.32 Å². The lowest BCUT2D eigenvalue weighted by Gasteiger charge is -2.25. The Balaban J connectivity index is 1.64. The smallest absolute Gasteiger partial charge is 0.318 e. The van der Waals surface area contributed by atoms with Crippen LogP contribution in [0.5, 0.6) is 5.75 Å². The number of carbonyl (C=O) groups is 1. The van der Waals surface area contributed by atoms with Crippen LogP contribution in [0.1, 0.15) is 30.0 Å². The largest absolute Gasteiger partial charge is 0.497 e. The highest BCUT2D eigenvalue weighted by Crippen LogP contribution is 2.32. The first kappa shape index (κ1) is 16.7. The van der Waals surface area contributed by atoms with E-state index in [4.69, 9.17) is 16.3 Å². The Kier molecular flexibility index (Phi) is 5.26. The first-order valence-electron chi connectivity index (χ1n) is 8.10. The van der Waals surface area contributed by atoms with Crippen molar-refractivity contribution in [3.63, 3.8) is 0 Å². The van der Waals surface area contributed by atoms with Crippen LogP contribution in [0.25, 0.3) is 0 Å². The Labute approximate surface area is 147 Å². The van der Waals surface area contributed by atoms with Crippen molar-refractivity contribution < 1.29 is 9.53 Å². The number of ether oxygens (including phenoxy) is 1. The first-order valence-corrected chi connectivity index (χ1v) is 8.48. The molecule has 126 valence electrons. The summed E-state index contributed by atoms with van der Waals surface area (Å²) in [7, 11) is 1.64. The second-order valence-electron chi connectivity index (χ2n) is 5.91. The van der Waals surface area contributed by atoms with Crippen LogP contribution in [0.4, 0.5) is 4.79 Å². The van der Waals surface area contributed by atoms with E-state index in [-0.39, 0.29) is 12.1 Å². The van der Waals surface area contributed by atoms with Crippen LogP contribution in [-0.4, -0.2) is 24.6 Å². The van der Waals surface area contributed by atoms with Crippen LogP contribution in [0.2, 0.25) is 5.02 Å². The number of halogens is 1. The number of rotatable bonds is 4. The highest BCUT2D eigenvalue weighted by atomic mass is 35.5. The molecule has 2 aromatic carbocycles. The van der Waals surface area contributed by atoms with Gasteiger partial charge in [-0.25, -0.2) is 4.79 Å². The molecule has 1 heterocycles. The molecule has 4 nitrogen and oxygen atoms in total. The van der Waals surface area contributed by atoms with Crippen LogP contribution in [0, 0.1) is 0 Å². The Morgan fingerprint density at radius 2 is 2.08 bits per heavy atom. The maximum atomic E-state index is 12.6. The van der Waals surface area contributed by atoms with E-state index in [1.807, 2.05) is 53.4 Å². The van der Waals surface area contributed by atoms with Crippen LogP contribution in [0.3, 0.4) is 0 Å². The third kappa shape index (κ3) is 3.82. The highest BCUT2D eigenvalue weighted by molar-refractivity contribution is 6.30. The van der Waals surface area contributed by atoms with Gasteiger partial charge in [-0.05, 0) is 48.2 Å². The molecule has 5 heteroatoms.